The molecular weight excluding hydrogens is 502 g/mol. The lowest BCUT2D eigenvalue weighted by Crippen LogP contribution is -2.53. The highest BCUT2D eigenvalue weighted by Crippen LogP contribution is 2.40. The van der Waals surface area contributed by atoms with Gasteiger partial charge in [-0.15, -0.1) is 0 Å². The monoisotopic (exact) mass is 547 g/mol. The Morgan fingerprint density at radius 3 is 2.27 bits per heavy atom. The summed E-state index contributed by atoms with van der Waals surface area (Å²) in [5.74, 6) is 3.58. The molecule has 216 valence electrons. The minimum atomic E-state index is -0.281. The SMILES string of the molecule is COc1ccc(OC(CCCN(C)C2C3CCC2CN(CC(=O)C(C)(C)C)C3)c2ccc(C#N)cc2)cc1OC. The number of likely N-dealkylation sites (tertiary alicyclic amines) is 1. The van der Waals surface area contributed by atoms with Crippen molar-refractivity contribution < 1.29 is 19.0 Å². The molecule has 4 rings (SSSR count). The molecule has 40 heavy (non-hydrogen) atoms. The number of ether oxygens (including phenoxy) is 3. The molecule has 1 saturated carbocycles. The maximum Gasteiger partial charge on any atom is 0.164 e. The summed E-state index contributed by atoms with van der Waals surface area (Å²) in [7, 11) is 5.50. The second-order valence-electron chi connectivity index (χ2n) is 12.4. The van der Waals surface area contributed by atoms with E-state index in [0.29, 0.717) is 47.3 Å². The molecule has 2 fully saturated rings. The van der Waals surface area contributed by atoms with Gasteiger partial charge in [-0.3, -0.25) is 9.69 Å². The van der Waals surface area contributed by atoms with Gasteiger partial charge >= 0.3 is 0 Å². The summed E-state index contributed by atoms with van der Waals surface area (Å²) in [6.45, 7) is 9.65. The molecule has 7 nitrogen and oxygen atoms in total. The molecule has 1 heterocycles. The summed E-state index contributed by atoms with van der Waals surface area (Å²) in [4.78, 5) is 17.6. The number of rotatable bonds is 12. The average Bonchev–Trinajstić information content (AvgIpc) is 3.21. The summed E-state index contributed by atoms with van der Waals surface area (Å²) in [6.07, 6.45) is 4.17. The van der Waals surface area contributed by atoms with Crippen molar-refractivity contribution in [2.45, 2.75) is 58.6 Å². The molecule has 2 aromatic rings. The lowest BCUT2D eigenvalue weighted by Gasteiger charge is -2.42. The van der Waals surface area contributed by atoms with Gasteiger partial charge in [-0.1, -0.05) is 32.9 Å². The Bertz CT molecular complexity index is 1170. The topological polar surface area (TPSA) is 75.0 Å². The summed E-state index contributed by atoms with van der Waals surface area (Å²) in [6, 6.07) is 16.1. The second-order valence-corrected chi connectivity index (χ2v) is 12.4. The first-order valence-corrected chi connectivity index (χ1v) is 14.5. The van der Waals surface area contributed by atoms with E-state index < -0.39 is 0 Å². The molecule has 2 aromatic carbocycles. The highest BCUT2D eigenvalue weighted by molar-refractivity contribution is 5.85. The molecular formula is C33H45N3O4. The fraction of sp³-hybridized carbons (Fsp3) is 0.576. The minimum absolute atomic E-state index is 0.152. The predicted molar refractivity (Wildman–Crippen MR) is 157 cm³/mol. The molecule has 0 radical (unpaired) electrons. The molecule has 1 aliphatic carbocycles. The Balaban J connectivity index is 1.38. The molecule has 7 heteroatoms. The van der Waals surface area contributed by atoms with E-state index in [1.54, 1.807) is 14.2 Å². The van der Waals surface area contributed by atoms with E-state index in [1.165, 1.54) is 12.8 Å². The molecule has 3 unspecified atom stereocenters. The Kier molecular flexibility index (Phi) is 9.76. The first-order valence-electron chi connectivity index (χ1n) is 14.5. The quantitative estimate of drug-likeness (QED) is 0.336. The van der Waals surface area contributed by atoms with Gasteiger partial charge in [0.25, 0.3) is 0 Å². The number of nitrogens with zero attached hydrogens (tertiary/aromatic N) is 3. The van der Waals surface area contributed by atoms with E-state index in [2.05, 4.69) is 22.9 Å². The van der Waals surface area contributed by atoms with Crippen LogP contribution in [-0.2, 0) is 4.79 Å². The molecule has 1 saturated heterocycles. The van der Waals surface area contributed by atoms with Gasteiger partial charge in [0.1, 0.15) is 11.9 Å². The number of carbonyl (C=O) groups is 1. The summed E-state index contributed by atoms with van der Waals surface area (Å²) in [5, 5.41) is 9.25. The lowest BCUT2D eigenvalue weighted by atomic mass is 9.87. The van der Waals surface area contributed by atoms with Crippen LogP contribution in [0.1, 0.15) is 63.7 Å². The van der Waals surface area contributed by atoms with Gasteiger partial charge in [-0.2, -0.15) is 5.26 Å². The predicted octanol–water partition coefficient (Wildman–Crippen LogP) is 5.73. The summed E-state index contributed by atoms with van der Waals surface area (Å²) < 4.78 is 17.4. The van der Waals surface area contributed by atoms with E-state index in [-0.39, 0.29) is 11.5 Å². The van der Waals surface area contributed by atoms with Gasteiger partial charge in [-0.05, 0) is 80.9 Å². The van der Waals surface area contributed by atoms with Gasteiger partial charge in [-0.25, -0.2) is 0 Å². The number of nitriles is 1. The molecule has 3 atom stereocenters. The standard InChI is InChI=1S/C33H45N3O4/c1-33(2,3)31(37)22-36-20-25-13-14-26(21-36)32(25)35(4)17-7-8-28(24-11-9-23(19-34)10-12-24)40-27-15-16-29(38-5)30(18-27)39-6/h9-12,15-16,18,25-26,28,32H,7-8,13-14,17,20-22H2,1-6H3. The van der Waals surface area contributed by atoms with Crippen molar-refractivity contribution in [2.75, 3.05) is 47.4 Å². The van der Waals surface area contributed by atoms with E-state index in [4.69, 9.17) is 14.2 Å². The van der Waals surface area contributed by atoms with Gasteiger partial charge in [0, 0.05) is 30.6 Å². The van der Waals surface area contributed by atoms with Crippen LogP contribution in [0.25, 0.3) is 0 Å². The fourth-order valence-electron chi connectivity index (χ4n) is 6.38. The van der Waals surface area contributed by atoms with E-state index in [9.17, 15) is 10.1 Å². The van der Waals surface area contributed by atoms with Crippen LogP contribution < -0.4 is 14.2 Å². The van der Waals surface area contributed by atoms with Crippen molar-refractivity contribution in [2.24, 2.45) is 17.3 Å². The van der Waals surface area contributed by atoms with Gasteiger partial charge in [0.15, 0.2) is 17.3 Å². The van der Waals surface area contributed by atoms with Gasteiger partial charge in [0.05, 0.1) is 32.4 Å². The molecule has 2 bridgehead atoms. The van der Waals surface area contributed by atoms with Crippen molar-refractivity contribution in [3.63, 3.8) is 0 Å². The van der Waals surface area contributed by atoms with Crippen LogP contribution in [0, 0.1) is 28.6 Å². The van der Waals surface area contributed by atoms with Crippen LogP contribution in [0.2, 0.25) is 0 Å². The molecule has 1 aliphatic heterocycles. The summed E-state index contributed by atoms with van der Waals surface area (Å²) in [5.41, 5.74) is 1.41. The third-order valence-electron chi connectivity index (χ3n) is 8.59. The van der Waals surface area contributed by atoms with Crippen molar-refractivity contribution in [3.8, 4) is 23.3 Å². The van der Waals surface area contributed by atoms with Crippen molar-refractivity contribution >= 4 is 5.78 Å². The number of carbonyl (C=O) groups excluding carboxylic acids is 1. The number of methoxy groups -OCH3 is 2. The van der Waals surface area contributed by atoms with Gasteiger partial charge in [0.2, 0.25) is 0 Å². The Morgan fingerprint density at radius 1 is 1.05 bits per heavy atom. The van der Waals surface area contributed by atoms with Crippen LogP contribution in [-0.4, -0.2) is 69.1 Å². The van der Waals surface area contributed by atoms with Crippen LogP contribution in [0.3, 0.4) is 0 Å². The number of benzene rings is 2. The highest BCUT2D eigenvalue weighted by atomic mass is 16.5. The van der Waals surface area contributed by atoms with E-state index in [0.717, 1.165) is 43.8 Å². The zero-order valence-corrected chi connectivity index (χ0v) is 25.0. The van der Waals surface area contributed by atoms with Crippen molar-refractivity contribution in [1.29, 1.82) is 5.26 Å². The van der Waals surface area contributed by atoms with E-state index in [1.807, 2.05) is 63.2 Å². The third-order valence-corrected chi connectivity index (χ3v) is 8.59. The minimum Gasteiger partial charge on any atom is -0.493 e. The van der Waals surface area contributed by atoms with Crippen molar-refractivity contribution in [1.82, 2.24) is 9.80 Å². The number of ketones is 1. The Hall–Kier alpha value is -3.08. The number of hydrogen-bond acceptors (Lipinski definition) is 7. The zero-order chi connectivity index (χ0) is 28.9. The van der Waals surface area contributed by atoms with E-state index >= 15 is 0 Å². The molecule has 0 spiro atoms. The van der Waals surface area contributed by atoms with Crippen LogP contribution >= 0.6 is 0 Å². The Morgan fingerprint density at radius 2 is 1.70 bits per heavy atom. The maximum absolute atomic E-state index is 12.6. The summed E-state index contributed by atoms with van der Waals surface area (Å²) >= 11 is 0. The van der Waals surface area contributed by atoms with Crippen molar-refractivity contribution in [3.05, 3.63) is 53.6 Å². The smallest absolute Gasteiger partial charge is 0.164 e. The molecule has 0 aromatic heterocycles. The highest BCUT2D eigenvalue weighted by Gasteiger charge is 2.44. The lowest BCUT2D eigenvalue weighted by molar-refractivity contribution is -0.128. The molecule has 0 N–H and O–H groups in total. The molecule has 2 aliphatic rings. The first-order chi connectivity index (χ1) is 19.1. The average molecular weight is 548 g/mol. The first kappa shape index (κ1) is 29.9. The maximum atomic E-state index is 12.6. The molecule has 0 amide bonds. The van der Waals surface area contributed by atoms with Crippen LogP contribution in [0.4, 0.5) is 0 Å². The normalized spacial score (nSPS) is 21.6. The number of Topliss-reactive ketones (excluding diaryl/α,β-unsaturated/α-hetero) is 1. The van der Waals surface area contributed by atoms with Crippen LogP contribution in [0.5, 0.6) is 17.2 Å². The number of hydrogen-bond donors (Lipinski definition) is 0. The third kappa shape index (κ3) is 7.16. The zero-order valence-electron chi connectivity index (χ0n) is 25.0. The second kappa shape index (κ2) is 13.1. The Labute approximate surface area is 240 Å². The number of piperidine rings is 1. The largest absolute Gasteiger partial charge is 0.493 e. The fourth-order valence-corrected chi connectivity index (χ4v) is 6.38. The number of fused-ring (bicyclic) bond motifs is 2. The van der Waals surface area contributed by atoms with Crippen LogP contribution in [0.15, 0.2) is 42.5 Å². The van der Waals surface area contributed by atoms with Gasteiger partial charge < -0.3 is 19.1 Å².